The first-order valence-electron chi connectivity index (χ1n) is 8.06. The maximum Gasteiger partial charge on any atom is 0.412 e. The molecule has 0 saturated carbocycles. The fourth-order valence-corrected chi connectivity index (χ4v) is 2.27. The molecule has 0 atom stereocenters. The van der Waals surface area contributed by atoms with Crippen molar-refractivity contribution in [1.29, 1.82) is 0 Å². The van der Waals surface area contributed by atoms with Crippen LogP contribution in [0, 0.1) is 0 Å². The maximum atomic E-state index is 11.9. The second kappa shape index (κ2) is 7.47. The van der Waals surface area contributed by atoms with Gasteiger partial charge in [0.2, 0.25) is 5.28 Å². The molecule has 2 rings (SSSR count). The Morgan fingerprint density at radius 1 is 1.19 bits per heavy atom. The lowest BCUT2D eigenvalue weighted by molar-refractivity contribution is 0.0635. The van der Waals surface area contributed by atoms with Crippen molar-refractivity contribution >= 4 is 34.9 Å². The molecule has 0 spiro atoms. The third-order valence-corrected chi connectivity index (χ3v) is 3.37. The van der Waals surface area contributed by atoms with E-state index in [4.69, 9.17) is 16.3 Å². The summed E-state index contributed by atoms with van der Waals surface area (Å²) in [6, 6.07) is 7.01. The number of ether oxygens (including phenoxy) is 1. The molecule has 3 N–H and O–H groups in total. The standard InChI is InChI=1S/C18H23ClN4O3/c1-17(2,3)26-16(24)22-12-8-6-7-11(9-12)21-14-13(18(4,5)25)10-20-15(19)23-14/h6-10,25H,1-5H3,(H,22,24)(H,20,21,23). The Bertz CT molecular complexity index is 798. The molecule has 8 heteroatoms. The molecule has 0 aliphatic carbocycles. The predicted molar refractivity (Wildman–Crippen MR) is 102 cm³/mol. The van der Waals surface area contributed by atoms with Gasteiger partial charge < -0.3 is 15.2 Å². The second-order valence-electron chi connectivity index (χ2n) is 7.29. The summed E-state index contributed by atoms with van der Waals surface area (Å²) in [7, 11) is 0. The molecule has 0 aliphatic heterocycles. The molecular formula is C18H23ClN4O3. The number of hydrogen-bond acceptors (Lipinski definition) is 6. The molecule has 1 aromatic heterocycles. The number of amides is 1. The highest BCUT2D eigenvalue weighted by molar-refractivity contribution is 6.28. The third-order valence-electron chi connectivity index (χ3n) is 3.19. The number of carbonyl (C=O) groups is 1. The SMILES string of the molecule is CC(C)(C)OC(=O)Nc1cccc(Nc2nc(Cl)ncc2C(C)(C)O)c1. The summed E-state index contributed by atoms with van der Waals surface area (Å²) < 4.78 is 5.24. The summed E-state index contributed by atoms with van der Waals surface area (Å²) in [4.78, 5) is 20.0. The lowest BCUT2D eigenvalue weighted by atomic mass is 10.0. The van der Waals surface area contributed by atoms with Crippen LogP contribution in [0.5, 0.6) is 0 Å². The minimum Gasteiger partial charge on any atom is -0.444 e. The van der Waals surface area contributed by atoms with Gasteiger partial charge in [-0.1, -0.05) is 6.07 Å². The third kappa shape index (κ3) is 5.86. The predicted octanol–water partition coefficient (Wildman–Crippen LogP) is 4.45. The van der Waals surface area contributed by atoms with Gasteiger partial charge in [-0.25, -0.2) is 14.8 Å². The van der Waals surface area contributed by atoms with Crippen molar-refractivity contribution in [2.45, 2.75) is 45.8 Å². The van der Waals surface area contributed by atoms with Gasteiger partial charge in [-0.2, -0.15) is 0 Å². The zero-order chi connectivity index (χ0) is 19.5. The fourth-order valence-electron chi connectivity index (χ4n) is 2.14. The number of rotatable bonds is 4. The zero-order valence-electron chi connectivity index (χ0n) is 15.4. The fraction of sp³-hybridized carbons (Fsp3) is 0.389. The van der Waals surface area contributed by atoms with Crippen molar-refractivity contribution in [2.75, 3.05) is 10.6 Å². The van der Waals surface area contributed by atoms with Gasteiger partial charge in [0, 0.05) is 23.1 Å². The van der Waals surface area contributed by atoms with Crippen molar-refractivity contribution in [3.63, 3.8) is 0 Å². The molecule has 0 saturated heterocycles. The van der Waals surface area contributed by atoms with Gasteiger partial charge in [0.25, 0.3) is 0 Å². The van der Waals surface area contributed by atoms with Gasteiger partial charge in [-0.15, -0.1) is 0 Å². The van der Waals surface area contributed by atoms with Crippen LogP contribution < -0.4 is 10.6 Å². The minimum absolute atomic E-state index is 0.0588. The summed E-state index contributed by atoms with van der Waals surface area (Å²) in [5.41, 5.74) is -0.0427. The molecule has 0 bridgehead atoms. The highest BCUT2D eigenvalue weighted by Crippen LogP contribution is 2.29. The highest BCUT2D eigenvalue weighted by Gasteiger charge is 2.22. The Labute approximate surface area is 157 Å². The molecule has 0 aliphatic rings. The number of anilines is 3. The Kier molecular flexibility index (Phi) is 5.73. The Morgan fingerprint density at radius 3 is 2.46 bits per heavy atom. The van der Waals surface area contributed by atoms with Gasteiger partial charge in [-0.05, 0) is 64.4 Å². The smallest absolute Gasteiger partial charge is 0.412 e. The van der Waals surface area contributed by atoms with E-state index in [0.29, 0.717) is 22.8 Å². The van der Waals surface area contributed by atoms with Crippen LogP contribution in [-0.2, 0) is 10.3 Å². The first-order valence-corrected chi connectivity index (χ1v) is 8.44. The molecule has 0 radical (unpaired) electrons. The zero-order valence-corrected chi connectivity index (χ0v) is 16.2. The highest BCUT2D eigenvalue weighted by atomic mass is 35.5. The topological polar surface area (TPSA) is 96.4 Å². The van der Waals surface area contributed by atoms with Gasteiger partial charge in [0.05, 0.1) is 5.60 Å². The van der Waals surface area contributed by atoms with E-state index in [2.05, 4.69) is 20.6 Å². The van der Waals surface area contributed by atoms with Crippen LogP contribution in [-0.4, -0.2) is 26.8 Å². The molecular weight excluding hydrogens is 356 g/mol. The molecule has 7 nitrogen and oxygen atoms in total. The molecule has 1 heterocycles. The van der Waals surface area contributed by atoms with Gasteiger partial charge >= 0.3 is 6.09 Å². The number of hydrogen-bond donors (Lipinski definition) is 3. The van der Waals surface area contributed by atoms with Crippen molar-refractivity contribution in [2.24, 2.45) is 0 Å². The van der Waals surface area contributed by atoms with Crippen LogP contribution >= 0.6 is 11.6 Å². The molecule has 0 fully saturated rings. The van der Waals surface area contributed by atoms with Gasteiger partial charge in [0.15, 0.2) is 0 Å². The Balaban J connectivity index is 2.22. The summed E-state index contributed by atoms with van der Waals surface area (Å²) in [6.45, 7) is 8.64. The van der Waals surface area contributed by atoms with Crippen molar-refractivity contribution < 1.29 is 14.6 Å². The summed E-state index contributed by atoms with van der Waals surface area (Å²) >= 11 is 5.88. The molecule has 2 aromatic rings. The van der Waals surface area contributed by atoms with Crippen molar-refractivity contribution in [3.05, 3.63) is 41.3 Å². The van der Waals surface area contributed by atoms with E-state index >= 15 is 0 Å². The van der Waals surface area contributed by atoms with E-state index < -0.39 is 17.3 Å². The van der Waals surface area contributed by atoms with E-state index in [1.807, 2.05) is 0 Å². The largest absolute Gasteiger partial charge is 0.444 e. The number of nitrogens with zero attached hydrogens (tertiary/aromatic N) is 2. The van der Waals surface area contributed by atoms with Gasteiger partial charge in [-0.3, -0.25) is 5.32 Å². The second-order valence-corrected chi connectivity index (χ2v) is 7.63. The van der Waals surface area contributed by atoms with Crippen LogP contribution in [0.2, 0.25) is 5.28 Å². The van der Waals surface area contributed by atoms with Crippen LogP contribution in [0.25, 0.3) is 0 Å². The maximum absolute atomic E-state index is 11.9. The molecule has 26 heavy (non-hydrogen) atoms. The molecule has 1 amide bonds. The molecule has 1 aromatic carbocycles. The first kappa shape index (κ1) is 19.9. The normalized spacial score (nSPS) is 11.8. The number of benzene rings is 1. The van der Waals surface area contributed by atoms with E-state index in [1.165, 1.54) is 6.20 Å². The van der Waals surface area contributed by atoms with Crippen LogP contribution in [0.1, 0.15) is 40.2 Å². The summed E-state index contributed by atoms with van der Waals surface area (Å²) in [6.07, 6.45) is 0.928. The number of carbonyl (C=O) groups excluding carboxylic acids is 1. The van der Waals surface area contributed by atoms with E-state index in [0.717, 1.165) is 0 Å². The molecule has 140 valence electrons. The Morgan fingerprint density at radius 2 is 1.85 bits per heavy atom. The van der Waals surface area contributed by atoms with Gasteiger partial charge in [0.1, 0.15) is 11.4 Å². The lowest BCUT2D eigenvalue weighted by Gasteiger charge is -2.21. The number of nitrogens with one attached hydrogen (secondary N) is 2. The minimum atomic E-state index is -1.15. The quantitative estimate of drug-likeness (QED) is 0.680. The van der Waals surface area contributed by atoms with Crippen LogP contribution in [0.15, 0.2) is 30.5 Å². The Hall–Kier alpha value is -2.38. The van der Waals surface area contributed by atoms with E-state index in [1.54, 1.807) is 58.9 Å². The summed E-state index contributed by atoms with van der Waals surface area (Å²) in [5, 5.41) is 16.1. The monoisotopic (exact) mass is 378 g/mol. The number of aromatic nitrogens is 2. The number of aliphatic hydroxyl groups is 1. The first-order chi connectivity index (χ1) is 11.9. The van der Waals surface area contributed by atoms with E-state index in [-0.39, 0.29) is 5.28 Å². The van der Waals surface area contributed by atoms with E-state index in [9.17, 15) is 9.90 Å². The molecule has 0 unspecified atom stereocenters. The van der Waals surface area contributed by atoms with Crippen LogP contribution in [0.3, 0.4) is 0 Å². The number of halogens is 1. The average Bonchev–Trinajstić information content (AvgIpc) is 2.44. The lowest BCUT2D eigenvalue weighted by Crippen LogP contribution is -2.27. The van der Waals surface area contributed by atoms with Crippen molar-refractivity contribution in [3.8, 4) is 0 Å². The summed E-state index contributed by atoms with van der Waals surface area (Å²) in [5.74, 6) is 0.381. The average molecular weight is 379 g/mol. The van der Waals surface area contributed by atoms with Crippen molar-refractivity contribution in [1.82, 2.24) is 9.97 Å². The van der Waals surface area contributed by atoms with Crippen LogP contribution in [0.4, 0.5) is 22.0 Å².